The fourth-order valence-corrected chi connectivity index (χ4v) is 2.60. The molecule has 1 aromatic carbocycles. The molecule has 0 aliphatic carbocycles. The number of hydrogen-bond donors (Lipinski definition) is 0. The lowest BCUT2D eigenvalue weighted by atomic mass is 10.1. The lowest BCUT2D eigenvalue weighted by Gasteiger charge is -2.23. The lowest BCUT2D eigenvalue weighted by molar-refractivity contribution is -0.0111. The number of nitriles is 1. The molecule has 1 fully saturated rings. The van der Waals surface area contributed by atoms with Gasteiger partial charge in [0.1, 0.15) is 24.0 Å². The second-order valence-electron chi connectivity index (χ2n) is 4.24. The molecule has 4 heteroatoms. The first-order valence-electron chi connectivity index (χ1n) is 6.16. The van der Waals surface area contributed by atoms with Gasteiger partial charge in [0.2, 0.25) is 0 Å². The van der Waals surface area contributed by atoms with E-state index in [1.807, 2.05) is 24.5 Å². The summed E-state index contributed by atoms with van der Waals surface area (Å²) in [5.41, 5.74) is 0.626. The normalized spacial score (nSPS) is 19.2. The highest BCUT2D eigenvalue weighted by Gasteiger charge is 2.16. The van der Waals surface area contributed by atoms with Gasteiger partial charge in [-0.3, -0.25) is 0 Å². The molecule has 0 amide bonds. The van der Waals surface area contributed by atoms with E-state index in [2.05, 4.69) is 6.07 Å². The molecule has 18 heavy (non-hydrogen) atoms. The van der Waals surface area contributed by atoms with Gasteiger partial charge < -0.3 is 9.47 Å². The van der Waals surface area contributed by atoms with Crippen LogP contribution in [0.5, 0.6) is 5.75 Å². The Labute approximate surface area is 112 Å². The first kappa shape index (κ1) is 13.3. The summed E-state index contributed by atoms with van der Waals surface area (Å²) in [6, 6.07) is 7.92. The van der Waals surface area contributed by atoms with E-state index >= 15 is 0 Å². The van der Waals surface area contributed by atoms with Crippen LogP contribution < -0.4 is 4.74 Å². The Bertz CT molecular complexity index is 436. The van der Waals surface area contributed by atoms with Gasteiger partial charge in [-0.05, 0) is 37.7 Å². The first-order valence-corrected chi connectivity index (χ1v) is 7.39. The van der Waals surface area contributed by atoms with E-state index in [1.54, 1.807) is 11.8 Å². The third-order valence-electron chi connectivity index (χ3n) is 3.02. The summed E-state index contributed by atoms with van der Waals surface area (Å²) in [6.07, 6.45) is 5.52. The Morgan fingerprint density at radius 3 is 3.06 bits per heavy atom. The van der Waals surface area contributed by atoms with Crippen molar-refractivity contribution < 1.29 is 9.47 Å². The standard InChI is InChI=1S/C14H17NO2S/c1-18-14-7-4-6-13(12(14)9-15)17-10-11-5-2-3-8-16-11/h4,6-7,11H,2-3,5,8,10H2,1H3. The van der Waals surface area contributed by atoms with Crippen LogP contribution in [0.25, 0.3) is 0 Å². The molecule has 0 N–H and O–H groups in total. The van der Waals surface area contributed by atoms with Crippen LogP contribution in [-0.2, 0) is 4.74 Å². The van der Waals surface area contributed by atoms with Gasteiger partial charge in [0.15, 0.2) is 0 Å². The number of rotatable bonds is 4. The maximum Gasteiger partial charge on any atom is 0.138 e. The summed E-state index contributed by atoms with van der Waals surface area (Å²) in [4.78, 5) is 0.958. The second kappa shape index (κ2) is 6.67. The van der Waals surface area contributed by atoms with Gasteiger partial charge >= 0.3 is 0 Å². The van der Waals surface area contributed by atoms with Crippen molar-refractivity contribution in [1.29, 1.82) is 5.26 Å². The molecule has 1 aliphatic heterocycles. The van der Waals surface area contributed by atoms with E-state index in [4.69, 9.17) is 9.47 Å². The van der Waals surface area contributed by atoms with Crippen molar-refractivity contribution in [3.05, 3.63) is 23.8 Å². The third kappa shape index (κ3) is 3.18. The van der Waals surface area contributed by atoms with Crippen molar-refractivity contribution in [2.75, 3.05) is 19.5 Å². The minimum atomic E-state index is 0.170. The topological polar surface area (TPSA) is 42.2 Å². The number of nitrogens with zero attached hydrogens (tertiary/aromatic N) is 1. The molecule has 1 atom stereocenters. The van der Waals surface area contributed by atoms with E-state index in [9.17, 15) is 5.26 Å². The van der Waals surface area contributed by atoms with Gasteiger partial charge in [0.25, 0.3) is 0 Å². The number of hydrogen-bond acceptors (Lipinski definition) is 4. The summed E-state index contributed by atoms with van der Waals surface area (Å²) in [6.45, 7) is 1.36. The van der Waals surface area contributed by atoms with Crippen LogP contribution in [0.3, 0.4) is 0 Å². The van der Waals surface area contributed by atoms with Gasteiger partial charge in [-0.15, -0.1) is 11.8 Å². The van der Waals surface area contributed by atoms with Gasteiger partial charge in [-0.1, -0.05) is 6.07 Å². The van der Waals surface area contributed by atoms with Crippen LogP contribution in [0.4, 0.5) is 0 Å². The molecule has 1 aliphatic rings. The predicted molar refractivity (Wildman–Crippen MR) is 72.0 cm³/mol. The van der Waals surface area contributed by atoms with E-state index in [0.717, 1.165) is 24.3 Å². The van der Waals surface area contributed by atoms with E-state index in [0.29, 0.717) is 17.9 Å². The maximum atomic E-state index is 9.19. The van der Waals surface area contributed by atoms with Gasteiger partial charge in [-0.25, -0.2) is 0 Å². The van der Waals surface area contributed by atoms with Crippen LogP contribution in [0, 0.1) is 11.3 Å². The Morgan fingerprint density at radius 1 is 1.50 bits per heavy atom. The zero-order valence-corrected chi connectivity index (χ0v) is 11.3. The van der Waals surface area contributed by atoms with Crippen molar-refractivity contribution in [3.63, 3.8) is 0 Å². The van der Waals surface area contributed by atoms with Crippen molar-refractivity contribution in [1.82, 2.24) is 0 Å². The average Bonchev–Trinajstić information content (AvgIpc) is 2.45. The third-order valence-corrected chi connectivity index (χ3v) is 3.80. The molecular formula is C14H17NO2S. The maximum absolute atomic E-state index is 9.19. The summed E-state index contributed by atoms with van der Waals surface area (Å²) < 4.78 is 11.4. The zero-order chi connectivity index (χ0) is 12.8. The Hall–Kier alpha value is -1.18. The van der Waals surface area contributed by atoms with Crippen LogP contribution in [0.2, 0.25) is 0 Å². The molecule has 1 heterocycles. The molecule has 0 bridgehead atoms. The van der Waals surface area contributed by atoms with E-state index in [-0.39, 0.29) is 6.10 Å². The molecule has 0 aromatic heterocycles. The highest BCUT2D eigenvalue weighted by atomic mass is 32.2. The fourth-order valence-electron chi connectivity index (χ4n) is 2.03. The van der Waals surface area contributed by atoms with Crippen molar-refractivity contribution >= 4 is 11.8 Å². The largest absolute Gasteiger partial charge is 0.489 e. The highest BCUT2D eigenvalue weighted by Crippen LogP contribution is 2.28. The fraction of sp³-hybridized carbons (Fsp3) is 0.500. The van der Waals surface area contributed by atoms with Crippen LogP contribution in [-0.4, -0.2) is 25.6 Å². The van der Waals surface area contributed by atoms with Crippen LogP contribution in [0.1, 0.15) is 24.8 Å². The minimum Gasteiger partial charge on any atom is -0.489 e. The highest BCUT2D eigenvalue weighted by molar-refractivity contribution is 7.98. The summed E-state index contributed by atoms with van der Waals surface area (Å²) in [5, 5.41) is 9.19. The molecule has 1 aromatic rings. The van der Waals surface area contributed by atoms with Crippen LogP contribution >= 0.6 is 11.8 Å². The monoisotopic (exact) mass is 263 g/mol. The summed E-state index contributed by atoms with van der Waals surface area (Å²) in [7, 11) is 0. The Balaban J connectivity index is 2.02. The van der Waals surface area contributed by atoms with E-state index < -0.39 is 0 Å². The molecule has 0 radical (unpaired) electrons. The molecule has 3 nitrogen and oxygen atoms in total. The Kier molecular flexibility index (Phi) is 4.91. The second-order valence-corrected chi connectivity index (χ2v) is 5.09. The predicted octanol–water partition coefficient (Wildman–Crippen LogP) is 3.23. The van der Waals surface area contributed by atoms with Gasteiger partial charge in [0, 0.05) is 11.5 Å². The van der Waals surface area contributed by atoms with Crippen molar-refractivity contribution in [3.8, 4) is 11.8 Å². The van der Waals surface area contributed by atoms with Gasteiger partial charge in [-0.2, -0.15) is 5.26 Å². The molecule has 0 spiro atoms. The van der Waals surface area contributed by atoms with Crippen molar-refractivity contribution in [2.45, 2.75) is 30.3 Å². The molecule has 2 rings (SSSR count). The number of benzene rings is 1. The molecule has 1 saturated heterocycles. The minimum absolute atomic E-state index is 0.170. The SMILES string of the molecule is CSc1cccc(OCC2CCCCO2)c1C#N. The molecule has 0 saturated carbocycles. The average molecular weight is 263 g/mol. The lowest BCUT2D eigenvalue weighted by Crippen LogP contribution is -2.25. The number of thioether (sulfide) groups is 1. The molecule has 96 valence electrons. The molecular weight excluding hydrogens is 246 g/mol. The first-order chi connectivity index (χ1) is 8.85. The van der Waals surface area contributed by atoms with Crippen LogP contribution in [0.15, 0.2) is 23.1 Å². The zero-order valence-electron chi connectivity index (χ0n) is 10.5. The van der Waals surface area contributed by atoms with Gasteiger partial charge in [0.05, 0.1) is 6.10 Å². The number of ether oxygens (including phenoxy) is 2. The molecule has 1 unspecified atom stereocenters. The summed E-state index contributed by atoms with van der Waals surface area (Å²) >= 11 is 1.56. The smallest absolute Gasteiger partial charge is 0.138 e. The van der Waals surface area contributed by atoms with E-state index in [1.165, 1.54) is 6.42 Å². The quantitative estimate of drug-likeness (QED) is 0.782. The Morgan fingerprint density at radius 2 is 2.39 bits per heavy atom. The van der Waals surface area contributed by atoms with Crippen molar-refractivity contribution in [2.24, 2.45) is 0 Å². The summed E-state index contributed by atoms with van der Waals surface area (Å²) in [5.74, 6) is 0.665.